The van der Waals surface area contributed by atoms with Crippen LogP contribution < -0.4 is 0 Å². The Labute approximate surface area is 133 Å². The summed E-state index contributed by atoms with van der Waals surface area (Å²) in [5, 5.41) is 10.4. The number of ketones is 1. The number of aliphatic hydroxyl groups excluding tert-OH is 1. The molecule has 0 bridgehead atoms. The lowest BCUT2D eigenvalue weighted by atomic mass is 9.90. The molecule has 0 heterocycles. The van der Waals surface area contributed by atoms with Crippen LogP contribution in [0.3, 0.4) is 0 Å². The van der Waals surface area contributed by atoms with Gasteiger partial charge in [0.1, 0.15) is 5.76 Å². The Bertz CT molecular complexity index is 762. The van der Waals surface area contributed by atoms with Gasteiger partial charge in [0.05, 0.1) is 5.57 Å². The number of carbonyl (C=O) groups is 1. The van der Waals surface area contributed by atoms with Crippen molar-refractivity contribution in [1.82, 2.24) is 0 Å². The fraction of sp³-hybridized carbons (Fsp3) is 0.211. The van der Waals surface area contributed by atoms with Crippen molar-refractivity contribution < 1.29 is 18.7 Å². The molecule has 0 aliphatic heterocycles. The van der Waals surface area contributed by atoms with Gasteiger partial charge in [-0.3, -0.25) is 4.79 Å². The zero-order valence-corrected chi connectivity index (χ0v) is 12.6. The minimum Gasteiger partial charge on any atom is -0.507 e. The van der Waals surface area contributed by atoms with Gasteiger partial charge in [-0.25, -0.2) is 0 Å². The highest BCUT2D eigenvalue weighted by Crippen LogP contribution is 2.47. The summed E-state index contributed by atoms with van der Waals surface area (Å²) in [4.78, 5) is 12.1. The van der Waals surface area contributed by atoms with Crippen molar-refractivity contribution in [3.8, 4) is 0 Å². The number of allylic oxidation sites excluding steroid dienone is 1. The lowest BCUT2D eigenvalue weighted by molar-refractivity contribution is -0.135. The van der Waals surface area contributed by atoms with Crippen molar-refractivity contribution >= 4 is 11.5 Å². The third-order valence-corrected chi connectivity index (χ3v) is 4.17. The molecule has 1 saturated carbocycles. The molecule has 0 aromatic heterocycles. The largest absolute Gasteiger partial charge is 0.507 e. The number of benzene rings is 2. The highest BCUT2D eigenvalue weighted by Gasteiger charge is 2.53. The summed E-state index contributed by atoms with van der Waals surface area (Å²) in [5.41, 5.74) is 1.77. The summed E-state index contributed by atoms with van der Waals surface area (Å²) >= 11 is 0. The lowest BCUT2D eigenvalue weighted by Crippen LogP contribution is -2.22. The van der Waals surface area contributed by atoms with Gasteiger partial charge in [0.15, 0.2) is 0 Å². The van der Waals surface area contributed by atoms with Crippen molar-refractivity contribution in [2.75, 3.05) is 0 Å². The molecule has 4 heteroatoms. The van der Waals surface area contributed by atoms with E-state index >= 15 is 0 Å². The quantitative estimate of drug-likeness (QED) is 0.647. The van der Waals surface area contributed by atoms with Gasteiger partial charge in [0, 0.05) is 17.9 Å². The molecule has 2 nitrogen and oxygen atoms in total. The molecule has 1 fully saturated rings. The van der Waals surface area contributed by atoms with Crippen LogP contribution in [0.5, 0.6) is 0 Å². The first-order chi connectivity index (χ1) is 10.9. The highest BCUT2D eigenvalue weighted by molar-refractivity contribution is 6.09. The molecule has 1 unspecified atom stereocenters. The Morgan fingerprint density at radius 1 is 1.09 bits per heavy atom. The molecule has 1 aliphatic rings. The smallest absolute Gasteiger partial charge is 0.310 e. The predicted molar refractivity (Wildman–Crippen MR) is 84.5 cm³/mol. The van der Waals surface area contributed by atoms with Crippen LogP contribution in [0.4, 0.5) is 8.78 Å². The average Bonchev–Trinajstić information content (AvgIpc) is 2.78. The summed E-state index contributed by atoms with van der Waals surface area (Å²) in [5.74, 6) is -5.91. The Kier molecular flexibility index (Phi) is 3.76. The van der Waals surface area contributed by atoms with Gasteiger partial charge < -0.3 is 5.11 Å². The summed E-state index contributed by atoms with van der Waals surface area (Å²) in [6, 6.07) is 15.4. The number of aryl methyl sites for hydroxylation is 1. The summed E-state index contributed by atoms with van der Waals surface area (Å²) in [6.07, 6.45) is -0.610. The standard InChI is InChI=1S/C19H16F2O2/c1-12-7-9-13(10-8-12)15-11-19(20,21)18(23)16(15)17(22)14-5-3-2-4-6-14/h2-10,15,22H,11H2,1H3/b17-16+. The number of Topliss-reactive ketones (excluding diaryl/α,β-unsaturated/α-hetero) is 1. The first-order valence-electron chi connectivity index (χ1n) is 7.38. The zero-order valence-electron chi connectivity index (χ0n) is 12.6. The van der Waals surface area contributed by atoms with Gasteiger partial charge in [-0.05, 0) is 12.5 Å². The second-order valence-electron chi connectivity index (χ2n) is 5.83. The van der Waals surface area contributed by atoms with Gasteiger partial charge in [-0.15, -0.1) is 0 Å². The van der Waals surface area contributed by atoms with Gasteiger partial charge in [0.25, 0.3) is 0 Å². The van der Waals surface area contributed by atoms with Crippen LogP contribution in [0, 0.1) is 6.92 Å². The topological polar surface area (TPSA) is 37.3 Å². The molecule has 1 atom stereocenters. The second-order valence-corrected chi connectivity index (χ2v) is 5.83. The second kappa shape index (κ2) is 5.61. The summed E-state index contributed by atoms with van der Waals surface area (Å²) in [6.45, 7) is 1.90. The third kappa shape index (κ3) is 2.77. The maximum atomic E-state index is 14.0. The molecule has 23 heavy (non-hydrogen) atoms. The third-order valence-electron chi connectivity index (χ3n) is 4.17. The maximum absolute atomic E-state index is 14.0. The minimum absolute atomic E-state index is 0.204. The molecule has 2 aromatic carbocycles. The number of aliphatic hydroxyl groups is 1. The van der Waals surface area contributed by atoms with Crippen molar-refractivity contribution in [1.29, 1.82) is 0 Å². The Morgan fingerprint density at radius 3 is 2.30 bits per heavy atom. The molecular formula is C19H16F2O2. The van der Waals surface area contributed by atoms with Crippen LogP contribution in [0.2, 0.25) is 0 Å². The van der Waals surface area contributed by atoms with Crippen LogP contribution in [0.1, 0.15) is 29.0 Å². The number of carbonyl (C=O) groups excluding carboxylic acids is 1. The van der Waals surface area contributed by atoms with Crippen LogP contribution in [-0.2, 0) is 4.79 Å². The van der Waals surface area contributed by atoms with E-state index in [9.17, 15) is 18.7 Å². The molecular weight excluding hydrogens is 298 g/mol. The van der Waals surface area contributed by atoms with E-state index in [-0.39, 0.29) is 11.3 Å². The zero-order chi connectivity index (χ0) is 16.6. The molecule has 0 amide bonds. The molecule has 3 rings (SSSR count). The minimum atomic E-state index is -3.45. The summed E-state index contributed by atoms with van der Waals surface area (Å²) < 4.78 is 28.0. The monoisotopic (exact) mass is 314 g/mol. The fourth-order valence-electron chi connectivity index (χ4n) is 2.91. The average molecular weight is 314 g/mol. The van der Waals surface area contributed by atoms with Crippen molar-refractivity contribution in [2.45, 2.75) is 25.2 Å². The van der Waals surface area contributed by atoms with Gasteiger partial charge in [-0.1, -0.05) is 60.2 Å². The SMILES string of the molecule is Cc1ccc(C2CC(F)(F)C(=O)/C2=C(/O)c2ccccc2)cc1. The Hall–Kier alpha value is -2.49. The van der Waals surface area contributed by atoms with Gasteiger partial charge in [-0.2, -0.15) is 8.78 Å². The van der Waals surface area contributed by atoms with Crippen LogP contribution in [0.25, 0.3) is 5.76 Å². The first kappa shape index (κ1) is 15.4. The number of rotatable bonds is 2. The van der Waals surface area contributed by atoms with E-state index in [0.29, 0.717) is 11.1 Å². The van der Waals surface area contributed by atoms with Gasteiger partial charge in [0.2, 0.25) is 5.78 Å². The van der Waals surface area contributed by atoms with E-state index in [4.69, 9.17) is 0 Å². The van der Waals surface area contributed by atoms with E-state index in [1.807, 2.05) is 19.1 Å². The predicted octanol–water partition coefficient (Wildman–Crippen LogP) is 4.66. The number of alkyl halides is 2. The number of hydrogen-bond acceptors (Lipinski definition) is 2. The van der Waals surface area contributed by atoms with E-state index in [0.717, 1.165) is 5.56 Å². The molecule has 0 spiro atoms. The van der Waals surface area contributed by atoms with E-state index in [1.165, 1.54) is 0 Å². The fourth-order valence-corrected chi connectivity index (χ4v) is 2.91. The molecule has 0 saturated heterocycles. The van der Waals surface area contributed by atoms with Crippen LogP contribution in [-0.4, -0.2) is 16.8 Å². The lowest BCUT2D eigenvalue weighted by Gasteiger charge is -2.13. The Balaban J connectivity index is 2.14. The van der Waals surface area contributed by atoms with Crippen molar-refractivity contribution in [3.63, 3.8) is 0 Å². The van der Waals surface area contributed by atoms with E-state index in [2.05, 4.69) is 0 Å². The van der Waals surface area contributed by atoms with E-state index in [1.54, 1.807) is 42.5 Å². The van der Waals surface area contributed by atoms with Crippen molar-refractivity contribution in [2.24, 2.45) is 0 Å². The number of hydrogen-bond donors (Lipinski definition) is 1. The molecule has 118 valence electrons. The van der Waals surface area contributed by atoms with Crippen molar-refractivity contribution in [3.05, 3.63) is 76.9 Å². The molecule has 2 aromatic rings. The first-order valence-corrected chi connectivity index (χ1v) is 7.38. The van der Waals surface area contributed by atoms with Gasteiger partial charge >= 0.3 is 5.92 Å². The van der Waals surface area contributed by atoms with Crippen LogP contribution >= 0.6 is 0 Å². The summed E-state index contributed by atoms with van der Waals surface area (Å²) in [7, 11) is 0. The highest BCUT2D eigenvalue weighted by atomic mass is 19.3. The van der Waals surface area contributed by atoms with Crippen LogP contribution in [0.15, 0.2) is 60.2 Å². The normalized spacial score (nSPS) is 22.2. The number of halogens is 2. The maximum Gasteiger partial charge on any atom is 0.310 e. The Morgan fingerprint density at radius 2 is 1.70 bits per heavy atom. The molecule has 0 radical (unpaired) electrons. The molecule has 1 aliphatic carbocycles. The van der Waals surface area contributed by atoms with E-state index < -0.39 is 24.0 Å². The molecule has 1 N–H and O–H groups in total.